The second kappa shape index (κ2) is 8.93. The van der Waals surface area contributed by atoms with Crippen molar-refractivity contribution in [1.82, 2.24) is 9.80 Å². The number of nitrogens with two attached hydrogens (primary N) is 1. The van der Waals surface area contributed by atoms with Crippen LogP contribution in [0, 0.1) is 0 Å². The fourth-order valence-electron chi connectivity index (χ4n) is 1.90. The van der Waals surface area contributed by atoms with E-state index < -0.39 is 0 Å². The molecule has 2 aliphatic rings. The van der Waals surface area contributed by atoms with Gasteiger partial charge < -0.3 is 20.3 Å². The topological polar surface area (TPSA) is 41.7 Å². The van der Waals surface area contributed by atoms with Crippen LogP contribution in [0.3, 0.4) is 0 Å². The van der Waals surface area contributed by atoms with Crippen LogP contribution in [0.4, 0.5) is 0 Å². The molecule has 2 saturated heterocycles. The first-order valence-corrected chi connectivity index (χ1v) is 6.51. The van der Waals surface area contributed by atoms with Crippen LogP contribution in [0.1, 0.15) is 19.3 Å². The van der Waals surface area contributed by atoms with Gasteiger partial charge in [-0.1, -0.05) is 0 Å². The van der Waals surface area contributed by atoms with Crippen LogP contribution in [0.2, 0.25) is 0 Å². The van der Waals surface area contributed by atoms with Gasteiger partial charge in [-0.2, -0.15) is 0 Å². The number of rotatable bonds is 3. The molecular weight excluding hydrogens is 202 g/mol. The summed E-state index contributed by atoms with van der Waals surface area (Å²) >= 11 is 0. The molecule has 0 unspecified atom stereocenters. The number of hydrogen-bond donors (Lipinski definition) is 1. The standard InChI is InChI=1S/C8H19N3.C4H8O/c1-10-5-7-11(8-6-10)4-2-3-9;1-2-4-5-3-1/h2-9H2,1H3;1-4H2. The second-order valence-electron chi connectivity index (χ2n) is 4.61. The lowest BCUT2D eigenvalue weighted by molar-refractivity contribution is 0.153. The van der Waals surface area contributed by atoms with Crippen LogP contribution in [-0.4, -0.2) is 69.3 Å². The van der Waals surface area contributed by atoms with E-state index in [1.165, 1.54) is 45.6 Å². The van der Waals surface area contributed by atoms with Gasteiger partial charge in [-0.3, -0.25) is 0 Å². The fourth-order valence-corrected chi connectivity index (χ4v) is 1.90. The third-order valence-corrected chi connectivity index (χ3v) is 3.10. The van der Waals surface area contributed by atoms with E-state index in [0.29, 0.717) is 0 Å². The maximum Gasteiger partial charge on any atom is 0.0466 e. The maximum atomic E-state index is 5.44. The van der Waals surface area contributed by atoms with Gasteiger partial charge in [-0.05, 0) is 39.4 Å². The highest BCUT2D eigenvalue weighted by molar-refractivity contribution is 4.68. The average molecular weight is 229 g/mol. The van der Waals surface area contributed by atoms with Gasteiger partial charge in [-0.15, -0.1) is 0 Å². The molecule has 0 bridgehead atoms. The molecule has 0 aromatic heterocycles. The van der Waals surface area contributed by atoms with Gasteiger partial charge in [0, 0.05) is 39.4 Å². The van der Waals surface area contributed by atoms with Crippen molar-refractivity contribution in [3.05, 3.63) is 0 Å². The normalized spacial score (nSPS) is 22.9. The summed E-state index contributed by atoms with van der Waals surface area (Å²) in [4.78, 5) is 4.87. The van der Waals surface area contributed by atoms with Crippen LogP contribution in [0.25, 0.3) is 0 Å². The SMILES string of the molecule is C1CCOC1.CN1CCN(CCCN)CC1. The van der Waals surface area contributed by atoms with E-state index in [-0.39, 0.29) is 0 Å². The summed E-state index contributed by atoms with van der Waals surface area (Å²) in [6.07, 6.45) is 3.70. The highest BCUT2D eigenvalue weighted by Gasteiger charge is 2.11. The molecule has 2 N–H and O–H groups in total. The third kappa shape index (κ3) is 6.43. The van der Waals surface area contributed by atoms with Crippen molar-refractivity contribution in [1.29, 1.82) is 0 Å². The van der Waals surface area contributed by atoms with E-state index in [2.05, 4.69) is 16.8 Å². The number of likely N-dealkylation sites (N-methyl/N-ethyl adjacent to an activating group) is 1. The number of hydrogen-bond acceptors (Lipinski definition) is 4. The van der Waals surface area contributed by atoms with Gasteiger partial charge >= 0.3 is 0 Å². The predicted molar refractivity (Wildman–Crippen MR) is 67.7 cm³/mol. The smallest absolute Gasteiger partial charge is 0.0466 e. The second-order valence-corrected chi connectivity index (χ2v) is 4.61. The van der Waals surface area contributed by atoms with Crippen LogP contribution in [0.5, 0.6) is 0 Å². The van der Waals surface area contributed by atoms with E-state index in [1.807, 2.05) is 0 Å². The zero-order valence-corrected chi connectivity index (χ0v) is 10.7. The summed E-state index contributed by atoms with van der Waals surface area (Å²) in [7, 11) is 2.18. The molecule has 0 aromatic rings. The third-order valence-electron chi connectivity index (χ3n) is 3.10. The molecule has 2 fully saturated rings. The van der Waals surface area contributed by atoms with E-state index in [1.54, 1.807) is 0 Å². The Morgan fingerprint density at radius 1 is 1.06 bits per heavy atom. The van der Waals surface area contributed by atoms with E-state index >= 15 is 0 Å². The van der Waals surface area contributed by atoms with Crippen molar-refractivity contribution >= 4 is 0 Å². The molecule has 2 rings (SSSR count). The molecule has 96 valence electrons. The van der Waals surface area contributed by atoms with Crippen LogP contribution in [-0.2, 0) is 4.74 Å². The van der Waals surface area contributed by atoms with Crippen LogP contribution < -0.4 is 5.73 Å². The van der Waals surface area contributed by atoms with Gasteiger partial charge in [0.05, 0.1) is 0 Å². The Hall–Kier alpha value is -0.160. The Balaban J connectivity index is 0.000000212. The number of ether oxygens (including phenoxy) is 1. The summed E-state index contributed by atoms with van der Waals surface area (Å²) in [5.74, 6) is 0. The van der Waals surface area contributed by atoms with E-state index in [0.717, 1.165) is 26.2 Å². The number of piperazine rings is 1. The predicted octanol–water partition coefficient (Wildman–Crippen LogP) is 0.379. The lowest BCUT2D eigenvalue weighted by Gasteiger charge is -2.32. The molecule has 2 aliphatic heterocycles. The maximum absolute atomic E-state index is 5.44. The van der Waals surface area contributed by atoms with Crippen LogP contribution in [0.15, 0.2) is 0 Å². The van der Waals surface area contributed by atoms with Gasteiger partial charge in [0.1, 0.15) is 0 Å². The molecule has 4 heteroatoms. The van der Waals surface area contributed by atoms with Crippen molar-refractivity contribution < 1.29 is 4.74 Å². The fraction of sp³-hybridized carbons (Fsp3) is 1.00. The van der Waals surface area contributed by atoms with Gasteiger partial charge in [0.15, 0.2) is 0 Å². The Kier molecular flexibility index (Phi) is 7.76. The lowest BCUT2D eigenvalue weighted by Crippen LogP contribution is -2.44. The van der Waals surface area contributed by atoms with Gasteiger partial charge in [-0.25, -0.2) is 0 Å². The van der Waals surface area contributed by atoms with E-state index in [4.69, 9.17) is 10.5 Å². The molecule has 0 aliphatic carbocycles. The summed E-state index contributed by atoms with van der Waals surface area (Å²) in [5.41, 5.74) is 5.44. The monoisotopic (exact) mass is 229 g/mol. The zero-order valence-electron chi connectivity index (χ0n) is 10.7. The molecule has 4 nitrogen and oxygen atoms in total. The molecule has 0 saturated carbocycles. The van der Waals surface area contributed by atoms with Crippen molar-refractivity contribution in [3.8, 4) is 0 Å². The van der Waals surface area contributed by atoms with Crippen molar-refractivity contribution in [2.24, 2.45) is 5.73 Å². The molecule has 0 spiro atoms. The minimum Gasteiger partial charge on any atom is -0.381 e. The Bertz CT molecular complexity index is 144. The first-order valence-electron chi connectivity index (χ1n) is 6.51. The van der Waals surface area contributed by atoms with E-state index in [9.17, 15) is 0 Å². The first kappa shape index (κ1) is 13.9. The highest BCUT2D eigenvalue weighted by atomic mass is 16.5. The highest BCUT2D eigenvalue weighted by Crippen LogP contribution is 1.99. The van der Waals surface area contributed by atoms with Crippen molar-refractivity contribution in [3.63, 3.8) is 0 Å². The van der Waals surface area contributed by atoms with Crippen molar-refractivity contribution in [2.45, 2.75) is 19.3 Å². The van der Waals surface area contributed by atoms with Crippen molar-refractivity contribution in [2.75, 3.05) is 59.5 Å². The van der Waals surface area contributed by atoms with Crippen LogP contribution >= 0.6 is 0 Å². The average Bonchev–Trinajstić information content (AvgIpc) is 2.87. The first-order chi connectivity index (χ1) is 7.83. The summed E-state index contributed by atoms with van der Waals surface area (Å²) in [5, 5.41) is 0. The Morgan fingerprint density at radius 2 is 1.69 bits per heavy atom. The molecule has 0 atom stereocenters. The number of nitrogens with zero attached hydrogens (tertiary/aromatic N) is 2. The Morgan fingerprint density at radius 3 is 2.12 bits per heavy atom. The summed E-state index contributed by atoms with van der Waals surface area (Å²) in [6, 6.07) is 0. The summed E-state index contributed by atoms with van der Waals surface area (Å²) < 4.78 is 4.94. The van der Waals surface area contributed by atoms with Gasteiger partial charge in [0.2, 0.25) is 0 Å². The largest absolute Gasteiger partial charge is 0.381 e. The van der Waals surface area contributed by atoms with Gasteiger partial charge in [0.25, 0.3) is 0 Å². The molecule has 0 aromatic carbocycles. The molecule has 16 heavy (non-hydrogen) atoms. The zero-order chi connectivity index (χ0) is 11.6. The quantitative estimate of drug-likeness (QED) is 0.760. The lowest BCUT2D eigenvalue weighted by atomic mass is 10.3. The summed E-state index contributed by atoms with van der Waals surface area (Å²) in [6.45, 7) is 8.87. The Labute approximate surface area is 99.7 Å². The minimum atomic E-state index is 0.826. The molecule has 0 amide bonds. The minimum absolute atomic E-state index is 0.826. The molecule has 0 radical (unpaired) electrons. The molecular formula is C12H27N3O. The molecule has 2 heterocycles.